The molecule has 3 rings (SSSR count). The van der Waals surface area contributed by atoms with Gasteiger partial charge in [-0.15, -0.1) is 0 Å². The van der Waals surface area contributed by atoms with Gasteiger partial charge in [-0.3, -0.25) is 4.79 Å². The molecule has 1 spiro atoms. The summed E-state index contributed by atoms with van der Waals surface area (Å²) in [6.45, 7) is 0. The van der Waals surface area contributed by atoms with E-state index in [1.165, 1.54) is 12.1 Å². The maximum absolute atomic E-state index is 12.7. The number of carbonyl (C=O) groups excluding carboxylic acids is 2. The van der Waals surface area contributed by atoms with Crippen molar-refractivity contribution in [3.8, 4) is 0 Å². The number of halogens is 3. The molecule has 1 aliphatic heterocycles. The van der Waals surface area contributed by atoms with E-state index < -0.39 is 29.2 Å². The summed E-state index contributed by atoms with van der Waals surface area (Å²) in [7, 11) is 0. The lowest BCUT2D eigenvalue weighted by Gasteiger charge is -2.20. The van der Waals surface area contributed by atoms with Crippen molar-refractivity contribution in [1.82, 2.24) is 5.32 Å². The standard InChI is InChI=1S/C14H13F3N2O2/c15-14(16,17)9-4-3-5-10(8-9)19-11(20)13(18-12(19)21)6-1-2-7-13/h3-5,8H,1-2,6-7H2,(H,18,21). The first kappa shape index (κ1) is 13.9. The second-order valence-electron chi connectivity index (χ2n) is 5.41. The summed E-state index contributed by atoms with van der Waals surface area (Å²) in [5, 5.41) is 2.64. The highest BCUT2D eigenvalue weighted by Crippen LogP contribution is 2.38. The van der Waals surface area contributed by atoms with Crippen molar-refractivity contribution in [2.24, 2.45) is 0 Å². The van der Waals surface area contributed by atoms with Gasteiger partial charge in [-0.2, -0.15) is 13.2 Å². The van der Waals surface area contributed by atoms with Gasteiger partial charge < -0.3 is 5.32 Å². The van der Waals surface area contributed by atoms with Crippen LogP contribution in [-0.4, -0.2) is 17.5 Å². The summed E-state index contributed by atoms with van der Waals surface area (Å²) in [5.41, 5.74) is -1.85. The fraction of sp³-hybridized carbons (Fsp3) is 0.429. The first-order valence-corrected chi connectivity index (χ1v) is 6.67. The monoisotopic (exact) mass is 298 g/mol. The van der Waals surface area contributed by atoms with E-state index in [1.54, 1.807) is 0 Å². The number of urea groups is 1. The van der Waals surface area contributed by atoms with Crippen LogP contribution in [0.2, 0.25) is 0 Å². The van der Waals surface area contributed by atoms with E-state index in [2.05, 4.69) is 5.32 Å². The summed E-state index contributed by atoms with van der Waals surface area (Å²) < 4.78 is 38.2. The van der Waals surface area contributed by atoms with E-state index >= 15 is 0 Å². The molecule has 0 unspecified atom stereocenters. The molecule has 2 fully saturated rings. The van der Waals surface area contributed by atoms with Gasteiger partial charge >= 0.3 is 12.2 Å². The molecule has 1 aromatic carbocycles. The zero-order valence-electron chi connectivity index (χ0n) is 11.0. The third-order valence-corrected chi connectivity index (χ3v) is 4.05. The van der Waals surface area contributed by atoms with E-state index in [4.69, 9.17) is 0 Å². The first-order chi connectivity index (χ1) is 9.83. The van der Waals surface area contributed by atoms with Crippen LogP contribution in [0.25, 0.3) is 0 Å². The molecule has 112 valence electrons. The van der Waals surface area contributed by atoms with Gasteiger partial charge in [0.15, 0.2) is 0 Å². The number of imide groups is 1. The molecule has 1 aromatic rings. The van der Waals surface area contributed by atoms with Gasteiger partial charge in [0.2, 0.25) is 0 Å². The topological polar surface area (TPSA) is 49.4 Å². The largest absolute Gasteiger partial charge is 0.416 e. The third-order valence-electron chi connectivity index (χ3n) is 4.05. The molecule has 0 aromatic heterocycles. The van der Waals surface area contributed by atoms with E-state index in [1.807, 2.05) is 0 Å². The van der Waals surface area contributed by atoms with E-state index in [-0.39, 0.29) is 5.69 Å². The summed E-state index contributed by atoms with van der Waals surface area (Å²) in [6.07, 6.45) is -1.80. The normalized spacial score (nSPS) is 21.2. The van der Waals surface area contributed by atoms with Crippen LogP contribution in [0, 0.1) is 0 Å². The van der Waals surface area contributed by atoms with Crippen LogP contribution in [0.3, 0.4) is 0 Å². The molecule has 21 heavy (non-hydrogen) atoms. The predicted molar refractivity (Wildman–Crippen MR) is 68.7 cm³/mol. The Labute approximate surface area is 118 Å². The van der Waals surface area contributed by atoms with Crippen LogP contribution >= 0.6 is 0 Å². The first-order valence-electron chi connectivity index (χ1n) is 6.67. The fourth-order valence-corrected chi connectivity index (χ4v) is 2.99. The quantitative estimate of drug-likeness (QED) is 0.810. The Bertz CT molecular complexity index is 606. The molecule has 0 atom stereocenters. The van der Waals surface area contributed by atoms with Crippen LogP contribution in [0.4, 0.5) is 23.7 Å². The van der Waals surface area contributed by atoms with Gasteiger partial charge in [-0.1, -0.05) is 18.9 Å². The van der Waals surface area contributed by atoms with Crippen LogP contribution in [-0.2, 0) is 11.0 Å². The van der Waals surface area contributed by atoms with Crippen LogP contribution in [0.5, 0.6) is 0 Å². The van der Waals surface area contributed by atoms with E-state index in [0.29, 0.717) is 12.8 Å². The van der Waals surface area contributed by atoms with E-state index in [0.717, 1.165) is 29.9 Å². The average Bonchev–Trinajstić information content (AvgIpc) is 2.96. The molecule has 1 saturated carbocycles. The van der Waals surface area contributed by atoms with Crippen LogP contribution < -0.4 is 10.2 Å². The summed E-state index contributed by atoms with van der Waals surface area (Å²) >= 11 is 0. The van der Waals surface area contributed by atoms with Crippen molar-refractivity contribution in [2.75, 3.05) is 4.90 Å². The molecule has 7 heteroatoms. The number of alkyl halides is 3. The van der Waals surface area contributed by atoms with Crippen molar-refractivity contribution in [3.63, 3.8) is 0 Å². The lowest BCUT2D eigenvalue weighted by atomic mass is 9.98. The summed E-state index contributed by atoms with van der Waals surface area (Å²) in [6, 6.07) is 3.61. The molecule has 0 bridgehead atoms. The zero-order chi connectivity index (χ0) is 15.3. The van der Waals surface area contributed by atoms with Gasteiger partial charge in [-0.05, 0) is 31.0 Å². The summed E-state index contributed by atoms with van der Waals surface area (Å²) in [4.78, 5) is 25.3. The SMILES string of the molecule is O=C1NC2(CCCC2)C(=O)N1c1cccc(C(F)(F)F)c1. The molecule has 1 N–H and O–H groups in total. The van der Waals surface area contributed by atoms with Crippen molar-refractivity contribution in [1.29, 1.82) is 0 Å². The maximum Gasteiger partial charge on any atom is 0.416 e. The number of benzene rings is 1. The number of hydrogen-bond donors (Lipinski definition) is 1. The van der Waals surface area contributed by atoms with Gasteiger partial charge in [0.1, 0.15) is 5.54 Å². The van der Waals surface area contributed by atoms with Gasteiger partial charge in [0.05, 0.1) is 11.3 Å². The average molecular weight is 298 g/mol. The highest BCUT2D eigenvalue weighted by Gasteiger charge is 2.53. The highest BCUT2D eigenvalue weighted by atomic mass is 19.4. The molecular weight excluding hydrogens is 285 g/mol. The van der Waals surface area contributed by atoms with E-state index in [9.17, 15) is 22.8 Å². The van der Waals surface area contributed by atoms with Crippen molar-refractivity contribution in [3.05, 3.63) is 29.8 Å². The Kier molecular flexibility index (Phi) is 2.96. The van der Waals surface area contributed by atoms with Crippen LogP contribution in [0.1, 0.15) is 31.2 Å². The van der Waals surface area contributed by atoms with Crippen molar-refractivity contribution in [2.45, 2.75) is 37.4 Å². The maximum atomic E-state index is 12.7. The lowest BCUT2D eigenvalue weighted by Crippen LogP contribution is -2.44. The minimum absolute atomic E-state index is 0.0453. The Balaban J connectivity index is 1.97. The number of carbonyl (C=O) groups is 2. The second-order valence-corrected chi connectivity index (χ2v) is 5.41. The highest BCUT2D eigenvalue weighted by molar-refractivity contribution is 6.23. The number of nitrogens with one attached hydrogen (secondary N) is 1. The molecule has 1 saturated heterocycles. The third kappa shape index (κ3) is 2.16. The fourth-order valence-electron chi connectivity index (χ4n) is 2.99. The van der Waals surface area contributed by atoms with Gasteiger partial charge in [0, 0.05) is 0 Å². The molecule has 3 amide bonds. The number of anilines is 1. The van der Waals surface area contributed by atoms with Crippen molar-refractivity contribution >= 4 is 17.6 Å². The second kappa shape index (κ2) is 4.47. The lowest BCUT2D eigenvalue weighted by molar-refractivity contribution is -0.137. The Morgan fingerprint density at radius 1 is 1.14 bits per heavy atom. The zero-order valence-corrected chi connectivity index (χ0v) is 11.0. The van der Waals surface area contributed by atoms with Gasteiger partial charge in [-0.25, -0.2) is 9.69 Å². The Morgan fingerprint density at radius 2 is 1.81 bits per heavy atom. The number of hydrogen-bond acceptors (Lipinski definition) is 2. The van der Waals surface area contributed by atoms with Crippen LogP contribution in [0.15, 0.2) is 24.3 Å². The number of amides is 3. The molecule has 1 aliphatic carbocycles. The Morgan fingerprint density at radius 3 is 2.43 bits per heavy atom. The molecule has 1 heterocycles. The summed E-state index contributed by atoms with van der Waals surface area (Å²) in [5.74, 6) is -0.454. The number of rotatable bonds is 1. The molecule has 0 radical (unpaired) electrons. The minimum Gasteiger partial charge on any atom is -0.323 e. The predicted octanol–water partition coefficient (Wildman–Crippen LogP) is 3.07. The van der Waals surface area contributed by atoms with Gasteiger partial charge in [0.25, 0.3) is 5.91 Å². The number of nitrogens with zero attached hydrogens (tertiary/aromatic N) is 1. The molecule has 4 nitrogen and oxygen atoms in total. The Hall–Kier alpha value is -2.05. The molecule has 2 aliphatic rings. The minimum atomic E-state index is -4.51. The molecular formula is C14H13F3N2O2. The van der Waals surface area contributed by atoms with Crippen molar-refractivity contribution < 1.29 is 22.8 Å². The smallest absolute Gasteiger partial charge is 0.323 e.